The molecular weight excluding hydrogens is 383 g/mol. The number of rotatable bonds is 4. The van der Waals surface area contributed by atoms with Crippen LogP contribution in [0, 0.1) is 6.92 Å². The summed E-state index contributed by atoms with van der Waals surface area (Å²) < 4.78 is 5.94. The minimum atomic E-state index is -0.942. The summed E-state index contributed by atoms with van der Waals surface area (Å²) in [6, 6.07) is 13.0. The lowest BCUT2D eigenvalue weighted by Crippen LogP contribution is -2.55. The summed E-state index contributed by atoms with van der Waals surface area (Å²) >= 11 is 12.1. The van der Waals surface area contributed by atoms with Gasteiger partial charge in [0, 0.05) is 41.9 Å². The Kier molecular flexibility index (Phi) is 5.87. The topological polar surface area (TPSA) is 32.8 Å². The van der Waals surface area contributed by atoms with Crippen LogP contribution < -0.4 is 9.64 Å². The Morgan fingerprint density at radius 3 is 2.19 bits per heavy atom. The number of hydrogen-bond acceptors (Lipinski definition) is 3. The molecule has 3 rings (SSSR count). The van der Waals surface area contributed by atoms with E-state index in [0.29, 0.717) is 23.9 Å². The standard InChI is InChI=1S/C21H24Cl2N2O2/c1-15-4-5-17(23)14-19(15)24-10-12-25(13-11-24)20(26)21(2,3)27-18-8-6-16(22)7-9-18/h4-9,14H,10-13H2,1-3H3. The number of ether oxygens (including phenoxy) is 1. The van der Waals surface area contributed by atoms with Crippen molar-refractivity contribution in [2.75, 3.05) is 31.1 Å². The maximum Gasteiger partial charge on any atom is 0.266 e. The van der Waals surface area contributed by atoms with Gasteiger partial charge in [-0.15, -0.1) is 0 Å². The number of aryl methyl sites for hydroxylation is 1. The van der Waals surface area contributed by atoms with E-state index < -0.39 is 5.60 Å². The second kappa shape index (κ2) is 7.99. The summed E-state index contributed by atoms with van der Waals surface area (Å²) in [5.41, 5.74) is 1.37. The highest BCUT2D eigenvalue weighted by Gasteiger charge is 2.35. The number of benzene rings is 2. The van der Waals surface area contributed by atoms with E-state index in [2.05, 4.69) is 11.8 Å². The normalized spacial score (nSPS) is 15.0. The molecule has 0 aromatic heterocycles. The highest BCUT2D eigenvalue weighted by Crippen LogP contribution is 2.27. The van der Waals surface area contributed by atoms with Crippen molar-refractivity contribution in [1.82, 2.24) is 4.90 Å². The number of hydrogen-bond donors (Lipinski definition) is 0. The fourth-order valence-corrected chi connectivity index (χ4v) is 3.59. The molecule has 0 unspecified atom stereocenters. The molecule has 1 amide bonds. The Morgan fingerprint density at radius 1 is 0.963 bits per heavy atom. The SMILES string of the molecule is Cc1ccc(Cl)cc1N1CCN(C(=O)C(C)(C)Oc2ccc(Cl)cc2)CC1. The summed E-state index contributed by atoms with van der Waals surface area (Å²) in [6.45, 7) is 8.52. The van der Waals surface area contributed by atoms with E-state index in [-0.39, 0.29) is 5.91 Å². The molecule has 4 nitrogen and oxygen atoms in total. The van der Waals surface area contributed by atoms with E-state index in [1.165, 1.54) is 5.56 Å². The second-order valence-electron chi connectivity index (χ2n) is 7.28. The number of anilines is 1. The first-order chi connectivity index (χ1) is 12.8. The minimum absolute atomic E-state index is 0.0140. The first kappa shape index (κ1) is 19.8. The largest absolute Gasteiger partial charge is 0.478 e. The van der Waals surface area contributed by atoms with Crippen molar-refractivity contribution in [3.63, 3.8) is 0 Å². The fraction of sp³-hybridized carbons (Fsp3) is 0.381. The maximum absolute atomic E-state index is 13.0. The average Bonchev–Trinajstić information content (AvgIpc) is 2.65. The zero-order valence-corrected chi connectivity index (χ0v) is 17.3. The smallest absolute Gasteiger partial charge is 0.266 e. The Labute approximate surface area is 170 Å². The van der Waals surface area contributed by atoms with Gasteiger partial charge in [0.05, 0.1) is 0 Å². The van der Waals surface area contributed by atoms with Crippen molar-refractivity contribution in [3.05, 3.63) is 58.1 Å². The van der Waals surface area contributed by atoms with Crippen LogP contribution >= 0.6 is 23.2 Å². The fourth-order valence-electron chi connectivity index (χ4n) is 3.30. The minimum Gasteiger partial charge on any atom is -0.478 e. The molecular formula is C21H24Cl2N2O2. The number of carbonyl (C=O) groups is 1. The van der Waals surface area contributed by atoms with Gasteiger partial charge in [-0.2, -0.15) is 0 Å². The molecule has 144 valence electrons. The molecule has 1 aliphatic heterocycles. The molecule has 0 radical (unpaired) electrons. The zero-order chi connectivity index (χ0) is 19.6. The number of halogens is 2. The Bertz CT molecular complexity index is 813. The van der Waals surface area contributed by atoms with Crippen LogP contribution in [0.4, 0.5) is 5.69 Å². The third kappa shape index (κ3) is 4.69. The predicted octanol–water partition coefficient (Wildman–Crippen LogP) is 4.81. The van der Waals surface area contributed by atoms with Gasteiger partial charge in [0.2, 0.25) is 0 Å². The lowest BCUT2D eigenvalue weighted by atomic mass is 10.1. The Morgan fingerprint density at radius 2 is 1.56 bits per heavy atom. The molecule has 2 aromatic carbocycles. The highest BCUT2D eigenvalue weighted by atomic mass is 35.5. The lowest BCUT2D eigenvalue weighted by Gasteiger charge is -2.40. The van der Waals surface area contributed by atoms with Gasteiger partial charge in [0.15, 0.2) is 5.60 Å². The molecule has 0 bridgehead atoms. The van der Waals surface area contributed by atoms with Gasteiger partial charge in [-0.3, -0.25) is 4.79 Å². The molecule has 1 saturated heterocycles. The first-order valence-corrected chi connectivity index (χ1v) is 9.77. The number of nitrogens with zero attached hydrogens (tertiary/aromatic N) is 2. The lowest BCUT2D eigenvalue weighted by molar-refractivity contribution is -0.145. The van der Waals surface area contributed by atoms with Crippen LogP contribution in [0.5, 0.6) is 5.75 Å². The molecule has 27 heavy (non-hydrogen) atoms. The van der Waals surface area contributed by atoms with Crippen molar-refractivity contribution < 1.29 is 9.53 Å². The third-order valence-electron chi connectivity index (χ3n) is 4.78. The Hall–Kier alpha value is -1.91. The summed E-state index contributed by atoms with van der Waals surface area (Å²) in [6.07, 6.45) is 0. The molecule has 1 aliphatic rings. The second-order valence-corrected chi connectivity index (χ2v) is 8.15. The monoisotopic (exact) mass is 406 g/mol. The van der Waals surface area contributed by atoms with E-state index in [0.717, 1.165) is 23.8 Å². The summed E-state index contributed by atoms with van der Waals surface area (Å²) in [4.78, 5) is 17.1. The van der Waals surface area contributed by atoms with Crippen LogP contribution in [0.2, 0.25) is 10.0 Å². The van der Waals surface area contributed by atoms with Gasteiger partial charge < -0.3 is 14.5 Å². The summed E-state index contributed by atoms with van der Waals surface area (Å²) in [7, 11) is 0. The zero-order valence-electron chi connectivity index (χ0n) is 15.8. The quantitative estimate of drug-likeness (QED) is 0.730. The van der Waals surface area contributed by atoms with Gasteiger partial charge >= 0.3 is 0 Å². The highest BCUT2D eigenvalue weighted by molar-refractivity contribution is 6.31. The van der Waals surface area contributed by atoms with Crippen molar-refractivity contribution in [3.8, 4) is 5.75 Å². The third-order valence-corrected chi connectivity index (χ3v) is 5.27. The molecule has 1 fully saturated rings. The Balaban J connectivity index is 1.63. The van der Waals surface area contributed by atoms with Crippen LogP contribution in [-0.4, -0.2) is 42.6 Å². The number of carbonyl (C=O) groups excluding carboxylic acids is 1. The molecule has 0 atom stereocenters. The van der Waals surface area contributed by atoms with Gasteiger partial charge in [-0.1, -0.05) is 29.3 Å². The van der Waals surface area contributed by atoms with Gasteiger partial charge in [-0.05, 0) is 62.7 Å². The summed E-state index contributed by atoms with van der Waals surface area (Å²) in [5.74, 6) is 0.617. The van der Waals surface area contributed by atoms with Crippen molar-refractivity contribution >= 4 is 34.8 Å². The van der Waals surface area contributed by atoms with Crippen LogP contribution in [0.15, 0.2) is 42.5 Å². The molecule has 1 heterocycles. The van der Waals surface area contributed by atoms with Crippen LogP contribution in [0.1, 0.15) is 19.4 Å². The molecule has 0 saturated carbocycles. The van der Waals surface area contributed by atoms with E-state index in [9.17, 15) is 4.79 Å². The van der Waals surface area contributed by atoms with Gasteiger partial charge in [0.25, 0.3) is 5.91 Å². The molecule has 2 aromatic rings. The van der Waals surface area contributed by atoms with Crippen LogP contribution in [-0.2, 0) is 4.79 Å². The summed E-state index contributed by atoms with van der Waals surface area (Å²) in [5, 5.41) is 1.37. The van der Waals surface area contributed by atoms with Gasteiger partial charge in [-0.25, -0.2) is 0 Å². The number of amides is 1. The van der Waals surface area contributed by atoms with Gasteiger partial charge in [0.1, 0.15) is 5.75 Å². The van der Waals surface area contributed by atoms with Crippen molar-refractivity contribution in [1.29, 1.82) is 0 Å². The maximum atomic E-state index is 13.0. The van der Waals surface area contributed by atoms with Crippen LogP contribution in [0.3, 0.4) is 0 Å². The average molecular weight is 407 g/mol. The first-order valence-electron chi connectivity index (χ1n) is 9.01. The predicted molar refractivity (Wildman–Crippen MR) is 111 cm³/mol. The van der Waals surface area contributed by atoms with E-state index in [1.54, 1.807) is 38.1 Å². The van der Waals surface area contributed by atoms with E-state index in [1.807, 2.05) is 23.1 Å². The van der Waals surface area contributed by atoms with E-state index in [4.69, 9.17) is 27.9 Å². The van der Waals surface area contributed by atoms with Crippen LogP contribution in [0.25, 0.3) is 0 Å². The van der Waals surface area contributed by atoms with E-state index >= 15 is 0 Å². The molecule has 0 aliphatic carbocycles. The number of piperazine rings is 1. The van der Waals surface area contributed by atoms with Crippen molar-refractivity contribution in [2.45, 2.75) is 26.4 Å². The molecule has 0 N–H and O–H groups in total. The molecule has 0 spiro atoms. The van der Waals surface area contributed by atoms with Crippen molar-refractivity contribution in [2.24, 2.45) is 0 Å². The molecule has 6 heteroatoms.